The average molecular weight is 248 g/mol. The number of hydrogen-bond acceptors (Lipinski definition) is 3. The summed E-state index contributed by atoms with van der Waals surface area (Å²) in [5.74, 6) is -0.723. The third-order valence-electron chi connectivity index (χ3n) is 3.46. The molecule has 0 saturated carbocycles. The van der Waals surface area contributed by atoms with Gasteiger partial charge in [-0.05, 0) is 31.4 Å². The molecule has 0 bridgehead atoms. The lowest BCUT2D eigenvalue weighted by molar-refractivity contribution is -0.142. The van der Waals surface area contributed by atoms with E-state index >= 15 is 0 Å². The molecule has 4 heteroatoms. The highest BCUT2D eigenvalue weighted by molar-refractivity contribution is 5.73. The number of hydrogen-bond donors (Lipinski definition) is 2. The van der Waals surface area contributed by atoms with E-state index in [-0.39, 0.29) is 12.1 Å². The van der Waals surface area contributed by atoms with Crippen LogP contribution in [0.5, 0.6) is 0 Å². The van der Waals surface area contributed by atoms with Gasteiger partial charge in [0.2, 0.25) is 0 Å². The first-order chi connectivity index (χ1) is 8.66. The summed E-state index contributed by atoms with van der Waals surface area (Å²) in [5, 5.41) is 9.10. The normalized spacial score (nSPS) is 21.9. The molecule has 98 valence electrons. The van der Waals surface area contributed by atoms with E-state index in [1.807, 2.05) is 23.1 Å². The average Bonchev–Trinajstić information content (AvgIpc) is 2.78. The lowest BCUT2D eigenvalue weighted by Gasteiger charge is -2.24. The van der Waals surface area contributed by atoms with Gasteiger partial charge in [-0.3, -0.25) is 9.69 Å². The van der Waals surface area contributed by atoms with Crippen molar-refractivity contribution in [3.8, 4) is 0 Å². The molecule has 0 amide bonds. The highest BCUT2D eigenvalue weighted by atomic mass is 16.4. The van der Waals surface area contributed by atoms with E-state index in [2.05, 4.69) is 12.1 Å². The van der Waals surface area contributed by atoms with Gasteiger partial charge in [-0.2, -0.15) is 0 Å². The molecule has 1 heterocycles. The van der Waals surface area contributed by atoms with E-state index in [4.69, 9.17) is 10.8 Å². The minimum Gasteiger partial charge on any atom is -0.480 e. The highest BCUT2D eigenvalue weighted by Gasteiger charge is 2.31. The fourth-order valence-corrected chi connectivity index (χ4v) is 2.61. The Hall–Kier alpha value is -1.39. The van der Waals surface area contributed by atoms with Crippen LogP contribution < -0.4 is 5.73 Å². The summed E-state index contributed by atoms with van der Waals surface area (Å²) >= 11 is 0. The predicted molar refractivity (Wildman–Crippen MR) is 70.4 cm³/mol. The Morgan fingerprint density at radius 3 is 2.83 bits per heavy atom. The molecule has 1 aliphatic heterocycles. The molecular weight excluding hydrogens is 228 g/mol. The summed E-state index contributed by atoms with van der Waals surface area (Å²) in [6, 6.07) is 9.74. The maximum Gasteiger partial charge on any atom is 0.320 e. The van der Waals surface area contributed by atoms with Gasteiger partial charge in [-0.25, -0.2) is 0 Å². The lowest BCUT2D eigenvalue weighted by Crippen LogP contribution is -2.44. The van der Waals surface area contributed by atoms with Crippen molar-refractivity contribution in [2.45, 2.75) is 31.3 Å². The summed E-state index contributed by atoms with van der Waals surface area (Å²) in [6.07, 6.45) is 2.49. The number of carboxylic acids is 1. The fraction of sp³-hybridized carbons (Fsp3) is 0.500. The zero-order valence-electron chi connectivity index (χ0n) is 10.5. The van der Waals surface area contributed by atoms with Crippen molar-refractivity contribution in [1.29, 1.82) is 0 Å². The van der Waals surface area contributed by atoms with Gasteiger partial charge in [-0.1, -0.05) is 30.3 Å². The molecule has 0 aliphatic carbocycles. The zero-order chi connectivity index (χ0) is 13.0. The van der Waals surface area contributed by atoms with Crippen LogP contribution in [0, 0.1) is 0 Å². The lowest BCUT2D eigenvalue weighted by atomic mass is 10.1. The van der Waals surface area contributed by atoms with E-state index in [1.165, 1.54) is 5.56 Å². The zero-order valence-corrected chi connectivity index (χ0v) is 10.5. The number of nitrogens with zero attached hydrogens (tertiary/aromatic N) is 1. The van der Waals surface area contributed by atoms with Crippen LogP contribution in [0.2, 0.25) is 0 Å². The van der Waals surface area contributed by atoms with E-state index in [0.29, 0.717) is 6.54 Å². The minimum atomic E-state index is -0.723. The smallest absolute Gasteiger partial charge is 0.320 e. The number of rotatable bonds is 5. The molecule has 4 nitrogen and oxygen atoms in total. The van der Waals surface area contributed by atoms with E-state index in [9.17, 15) is 4.79 Å². The second-order valence-corrected chi connectivity index (χ2v) is 4.94. The van der Waals surface area contributed by atoms with Crippen LogP contribution in [0.1, 0.15) is 18.4 Å². The standard InChI is InChI=1S/C14H20N2O2/c15-12(9-11-5-2-1-3-6-11)10-16-8-4-7-13(16)14(17)18/h1-3,5-6,12-13H,4,7-10,15H2,(H,17,18). The van der Waals surface area contributed by atoms with Gasteiger partial charge in [0.1, 0.15) is 6.04 Å². The van der Waals surface area contributed by atoms with Crippen LogP contribution >= 0.6 is 0 Å². The number of carboxylic acid groups (broad SMARTS) is 1. The second-order valence-electron chi connectivity index (χ2n) is 4.94. The van der Waals surface area contributed by atoms with Crippen molar-refractivity contribution < 1.29 is 9.90 Å². The van der Waals surface area contributed by atoms with Gasteiger partial charge >= 0.3 is 5.97 Å². The summed E-state index contributed by atoms with van der Waals surface area (Å²) in [4.78, 5) is 13.1. The van der Waals surface area contributed by atoms with Crippen LogP contribution in [0.3, 0.4) is 0 Å². The van der Waals surface area contributed by atoms with Crippen molar-refractivity contribution in [3.05, 3.63) is 35.9 Å². The second kappa shape index (κ2) is 5.98. The van der Waals surface area contributed by atoms with Crippen molar-refractivity contribution in [2.75, 3.05) is 13.1 Å². The molecule has 1 aliphatic rings. The quantitative estimate of drug-likeness (QED) is 0.819. The van der Waals surface area contributed by atoms with E-state index in [1.54, 1.807) is 0 Å². The van der Waals surface area contributed by atoms with Gasteiger partial charge in [0.05, 0.1) is 0 Å². The first-order valence-electron chi connectivity index (χ1n) is 6.43. The Bertz CT molecular complexity index is 394. The van der Waals surface area contributed by atoms with Crippen LogP contribution in [0.25, 0.3) is 0 Å². The molecule has 18 heavy (non-hydrogen) atoms. The highest BCUT2D eigenvalue weighted by Crippen LogP contribution is 2.17. The predicted octanol–water partition coefficient (Wildman–Crippen LogP) is 1.11. The Morgan fingerprint density at radius 1 is 1.44 bits per heavy atom. The van der Waals surface area contributed by atoms with Gasteiger partial charge < -0.3 is 10.8 Å². The minimum absolute atomic E-state index is 0.00708. The van der Waals surface area contributed by atoms with Crippen LogP contribution in [-0.4, -0.2) is 41.1 Å². The molecule has 1 aromatic carbocycles. The molecule has 3 N–H and O–H groups in total. The molecule has 2 unspecified atom stereocenters. The van der Waals surface area contributed by atoms with Gasteiger partial charge in [-0.15, -0.1) is 0 Å². The summed E-state index contributed by atoms with van der Waals surface area (Å²) in [6.45, 7) is 1.51. The van der Waals surface area contributed by atoms with E-state index < -0.39 is 5.97 Å². The van der Waals surface area contributed by atoms with Crippen molar-refractivity contribution >= 4 is 5.97 Å². The maximum atomic E-state index is 11.1. The third-order valence-corrected chi connectivity index (χ3v) is 3.46. The Kier molecular flexibility index (Phi) is 4.33. The van der Waals surface area contributed by atoms with Gasteiger partial charge in [0, 0.05) is 12.6 Å². The number of aliphatic carboxylic acids is 1. The fourth-order valence-electron chi connectivity index (χ4n) is 2.61. The van der Waals surface area contributed by atoms with Gasteiger partial charge in [0.15, 0.2) is 0 Å². The maximum absolute atomic E-state index is 11.1. The largest absolute Gasteiger partial charge is 0.480 e. The number of nitrogens with two attached hydrogens (primary N) is 1. The number of likely N-dealkylation sites (tertiary alicyclic amines) is 1. The topological polar surface area (TPSA) is 66.6 Å². The molecule has 1 fully saturated rings. The first-order valence-corrected chi connectivity index (χ1v) is 6.43. The first kappa shape index (κ1) is 13.1. The summed E-state index contributed by atoms with van der Waals surface area (Å²) in [7, 11) is 0. The molecule has 0 radical (unpaired) electrons. The molecule has 1 saturated heterocycles. The molecule has 0 spiro atoms. The molecular formula is C14H20N2O2. The van der Waals surface area contributed by atoms with Crippen molar-refractivity contribution in [2.24, 2.45) is 5.73 Å². The SMILES string of the molecule is NC(Cc1ccccc1)CN1CCCC1C(=O)O. The van der Waals surface area contributed by atoms with Crippen molar-refractivity contribution in [3.63, 3.8) is 0 Å². The van der Waals surface area contributed by atoms with Gasteiger partial charge in [0.25, 0.3) is 0 Å². The molecule has 0 aromatic heterocycles. The molecule has 2 atom stereocenters. The number of benzene rings is 1. The monoisotopic (exact) mass is 248 g/mol. The summed E-state index contributed by atoms with van der Waals surface area (Å²) < 4.78 is 0. The summed E-state index contributed by atoms with van der Waals surface area (Å²) in [5.41, 5.74) is 7.32. The van der Waals surface area contributed by atoms with Crippen LogP contribution in [-0.2, 0) is 11.2 Å². The van der Waals surface area contributed by atoms with E-state index in [0.717, 1.165) is 25.8 Å². The molecule has 1 aromatic rings. The van der Waals surface area contributed by atoms with Crippen molar-refractivity contribution in [1.82, 2.24) is 4.90 Å². The van der Waals surface area contributed by atoms with Crippen LogP contribution in [0.4, 0.5) is 0 Å². The number of carbonyl (C=O) groups is 1. The Balaban J connectivity index is 1.87. The molecule has 2 rings (SSSR count). The Morgan fingerprint density at radius 2 is 2.17 bits per heavy atom. The third kappa shape index (κ3) is 3.31. The van der Waals surface area contributed by atoms with Crippen LogP contribution in [0.15, 0.2) is 30.3 Å². The Labute approximate surface area is 107 Å².